The molecule has 19 heavy (non-hydrogen) atoms. The van der Waals surface area contributed by atoms with Gasteiger partial charge in [-0.2, -0.15) is 0 Å². The number of methoxy groups -OCH3 is 2. The number of carbonyl (C=O) groups excluding carboxylic acids is 1. The molecule has 1 rings (SSSR count). The van der Waals surface area contributed by atoms with Crippen LogP contribution in [0.2, 0.25) is 0 Å². The fourth-order valence-electron chi connectivity index (χ4n) is 1.77. The topological polar surface area (TPSA) is 81.8 Å². The molecule has 0 spiro atoms. The van der Waals surface area contributed by atoms with Gasteiger partial charge in [0.05, 0.1) is 31.2 Å². The summed E-state index contributed by atoms with van der Waals surface area (Å²) in [4.78, 5) is 11.7. The minimum absolute atomic E-state index is 0. The Morgan fingerprint density at radius 3 is 2.42 bits per heavy atom. The Balaban J connectivity index is 0.00000324. The maximum Gasteiger partial charge on any atom is 0.313 e. The molecule has 0 aliphatic heterocycles. The number of benzene rings is 1. The SMILES string of the molecule is COC(=O)C(C)(C)[C@@H](N)c1c(O)cccc1OC.Cl. The number of halogens is 1. The van der Waals surface area contributed by atoms with E-state index in [0.717, 1.165) is 0 Å². The van der Waals surface area contributed by atoms with Crippen LogP contribution in [-0.4, -0.2) is 25.3 Å². The Bertz CT molecular complexity index is 448. The molecule has 1 aromatic rings. The fourth-order valence-corrected chi connectivity index (χ4v) is 1.77. The van der Waals surface area contributed by atoms with E-state index in [1.54, 1.807) is 26.0 Å². The fraction of sp³-hybridized carbons (Fsp3) is 0.462. The number of rotatable bonds is 4. The summed E-state index contributed by atoms with van der Waals surface area (Å²) in [7, 11) is 2.79. The minimum atomic E-state index is -0.971. The Morgan fingerprint density at radius 1 is 1.37 bits per heavy atom. The van der Waals surface area contributed by atoms with Crippen LogP contribution in [0.1, 0.15) is 25.5 Å². The van der Waals surface area contributed by atoms with Crippen LogP contribution in [0.25, 0.3) is 0 Å². The van der Waals surface area contributed by atoms with Crippen LogP contribution in [0.4, 0.5) is 0 Å². The number of aromatic hydroxyl groups is 1. The average Bonchev–Trinajstić information content (AvgIpc) is 2.36. The molecular weight excluding hydrogens is 270 g/mol. The molecule has 3 N–H and O–H groups in total. The molecular formula is C13H20ClNO4. The zero-order chi connectivity index (χ0) is 13.9. The molecule has 0 aliphatic rings. The first kappa shape index (κ1) is 17.5. The molecule has 0 amide bonds. The second-order valence-corrected chi connectivity index (χ2v) is 4.58. The van der Waals surface area contributed by atoms with Crippen LogP contribution in [0.3, 0.4) is 0 Å². The predicted molar refractivity (Wildman–Crippen MR) is 74.6 cm³/mol. The summed E-state index contributed by atoms with van der Waals surface area (Å²) in [5.41, 5.74) is 5.51. The molecule has 5 nitrogen and oxygen atoms in total. The van der Waals surface area contributed by atoms with Crippen LogP contribution in [-0.2, 0) is 9.53 Å². The lowest BCUT2D eigenvalue weighted by Gasteiger charge is -2.30. The van der Waals surface area contributed by atoms with Crippen molar-refractivity contribution >= 4 is 18.4 Å². The Morgan fingerprint density at radius 2 is 1.95 bits per heavy atom. The maximum absolute atomic E-state index is 11.7. The van der Waals surface area contributed by atoms with E-state index in [9.17, 15) is 9.90 Å². The van der Waals surface area contributed by atoms with Crippen molar-refractivity contribution in [3.05, 3.63) is 23.8 Å². The van der Waals surface area contributed by atoms with E-state index in [2.05, 4.69) is 0 Å². The van der Waals surface area contributed by atoms with Crippen molar-refractivity contribution < 1.29 is 19.4 Å². The zero-order valence-electron chi connectivity index (χ0n) is 11.5. The van der Waals surface area contributed by atoms with Crippen LogP contribution in [0.5, 0.6) is 11.5 Å². The lowest BCUT2D eigenvalue weighted by molar-refractivity contribution is -0.152. The smallest absolute Gasteiger partial charge is 0.313 e. The summed E-state index contributed by atoms with van der Waals surface area (Å²) < 4.78 is 9.89. The monoisotopic (exact) mass is 289 g/mol. The van der Waals surface area contributed by atoms with Gasteiger partial charge in [0.15, 0.2) is 0 Å². The first-order chi connectivity index (χ1) is 8.36. The summed E-state index contributed by atoms with van der Waals surface area (Å²) in [6.45, 7) is 3.32. The van der Waals surface area contributed by atoms with Gasteiger partial charge in [-0.3, -0.25) is 4.79 Å². The normalized spacial score (nSPS) is 12.3. The lowest BCUT2D eigenvalue weighted by atomic mass is 9.80. The first-order valence-corrected chi connectivity index (χ1v) is 5.56. The van der Waals surface area contributed by atoms with Gasteiger partial charge in [0.2, 0.25) is 0 Å². The molecule has 0 radical (unpaired) electrons. The number of phenolic OH excluding ortho intramolecular Hbond substituents is 1. The number of nitrogens with two attached hydrogens (primary N) is 1. The molecule has 1 aromatic carbocycles. The molecule has 0 aromatic heterocycles. The van der Waals surface area contributed by atoms with Crippen LogP contribution in [0, 0.1) is 5.41 Å². The Kier molecular flexibility index (Phi) is 6.12. The van der Waals surface area contributed by atoms with Gasteiger partial charge in [0, 0.05) is 0 Å². The standard InChI is InChI=1S/C13H19NO4.ClH/c1-13(2,12(16)18-4)11(14)10-8(15)6-5-7-9(10)17-3;/h5-7,11,15H,14H2,1-4H3;1H/t11-;/m0./s1. The van der Waals surface area contributed by atoms with Gasteiger partial charge in [0.25, 0.3) is 0 Å². The molecule has 0 saturated carbocycles. The summed E-state index contributed by atoms with van der Waals surface area (Å²) in [6, 6.07) is 4.10. The van der Waals surface area contributed by atoms with Gasteiger partial charge in [-0.1, -0.05) is 6.07 Å². The minimum Gasteiger partial charge on any atom is -0.507 e. The van der Waals surface area contributed by atoms with Gasteiger partial charge in [-0.05, 0) is 26.0 Å². The number of hydrogen-bond acceptors (Lipinski definition) is 5. The van der Waals surface area contributed by atoms with Crippen LogP contribution >= 0.6 is 12.4 Å². The van der Waals surface area contributed by atoms with E-state index in [1.165, 1.54) is 20.3 Å². The molecule has 0 heterocycles. The van der Waals surface area contributed by atoms with E-state index in [0.29, 0.717) is 11.3 Å². The first-order valence-electron chi connectivity index (χ1n) is 5.56. The molecule has 0 unspecified atom stereocenters. The van der Waals surface area contributed by atoms with Crippen LogP contribution < -0.4 is 10.5 Å². The molecule has 108 valence electrons. The quantitative estimate of drug-likeness (QED) is 0.829. The largest absolute Gasteiger partial charge is 0.507 e. The number of ether oxygens (including phenoxy) is 2. The summed E-state index contributed by atoms with van der Waals surface area (Å²) in [6.07, 6.45) is 0. The predicted octanol–water partition coefficient (Wildman–Crippen LogP) is 2.02. The van der Waals surface area contributed by atoms with Crippen molar-refractivity contribution in [1.82, 2.24) is 0 Å². The van der Waals surface area contributed by atoms with Crippen molar-refractivity contribution in [1.29, 1.82) is 0 Å². The average molecular weight is 290 g/mol. The molecule has 1 atom stereocenters. The molecule has 0 aliphatic carbocycles. The molecule has 6 heteroatoms. The number of phenols is 1. The maximum atomic E-state index is 11.7. The number of hydrogen-bond donors (Lipinski definition) is 2. The van der Waals surface area contributed by atoms with Crippen molar-refractivity contribution in [2.24, 2.45) is 11.1 Å². The van der Waals surface area contributed by atoms with Crippen molar-refractivity contribution in [3.8, 4) is 11.5 Å². The zero-order valence-corrected chi connectivity index (χ0v) is 12.3. The number of esters is 1. The van der Waals surface area contributed by atoms with Crippen LogP contribution in [0.15, 0.2) is 18.2 Å². The summed E-state index contributed by atoms with van der Waals surface area (Å²) in [5.74, 6) is -0.00128. The lowest BCUT2D eigenvalue weighted by Crippen LogP contribution is -2.37. The van der Waals surface area contributed by atoms with Crippen molar-refractivity contribution in [2.45, 2.75) is 19.9 Å². The highest BCUT2D eigenvalue weighted by molar-refractivity contribution is 5.85. The molecule has 0 saturated heterocycles. The van der Waals surface area contributed by atoms with Gasteiger partial charge < -0.3 is 20.3 Å². The highest BCUT2D eigenvalue weighted by Crippen LogP contribution is 2.41. The summed E-state index contributed by atoms with van der Waals surface area (Å²) >= 11 is 0. The Hall–Kier alpha value is -1.46. The Labute approximate surface area is 119 Å². The van der Waals surface area contributed by atoms with Gasteiger partial charge in [-0.15, -0.1) is 12.4 Å². The highest BCUT2D eigenvalue weighted by Gasteiger charge is 2.39. The van der Waals surface area contributed by atoms with Gasteiger partial charge >= 0.3 is 5.97 Å². The van der Waals surface area contributed by atoms with Gasteiger partial charge in [-0.25, -0.2) is 0 Å². The van der Waals surface area contributed by atoms with E-state index < -0.39 is 17.4 Å². The second kappa shape index (κ2) is 6.63. The van der Waals surface area contributed by atoms with Crippen molar-refractivity contribution in [2.75, 3.05) is 14.2 Å². The van der Waals surface area contributed by atoms with E-state index in [1.807, 2.05) is 0 Å². The van der Waals surface area contributed by atoms with E-state index in [-0.39, 0.29) is 18.2 Å². The third-order valence-corrected chi connectivity index (χ3v) is 3.06. The third-order valence-electron chi connectivity index (χ3n) is 3.06. The highest BCUT2D eigenvalue weighted by atomic mass is 35.5. The van der Waals surface area contributed by atoms with Gasteiger partial charge in [0.1, 0.15) is 11.5 Å². The van der Waals surface area contributed by atoms with E-state index in [4.69, 9.17) is 15.2 Å². The third kappa shape index (κ3) is 3.30. The van der Waals surface area contributed by atoms with Crippen molar-refractivity contribution in [3.63, 3.8) is 0 Å². The molecule has 0 fully saturated rings. The summed E-state index contributed by atoms with van der Waals surface area (Å²) in [5, 5.41) is 9.90. The molecule has 0 bridgehead atoms. The van der Waals surface area contributed by atoms with E-state index >= 15 is 0 Å². The number of carbonyl (C=O) groups is 1. The second-order valence-electron chi connectivity index (χ2n) is 4.58.